The summed E-state index contributed by atoms with van der Waals surface area (Å²) in [6, 6.07) is 16.9. The number of rotatable bonds is 8. The standard InChI is InChI=1S/C27H36N4O3/c1-34-22-13-11-20(12-14-22)19-30-15-17-31(18-16-30)24-10-6-5-9-23(24)27(33)29-25(26(28)32)21-7-3-2-4-8-21/h2-4,7-8,11-14,23-25H,5-6,9-10,15-19H2,1H3,(H2,28,32)(H,29,33)/t23-,24-,25+/m1/s1. The van der Waals surface area contributed by atoms with Crippen molar-refractivity contribution in [1.82, 2.24) is 15.1 Å². The molecule has 2 fully saturated rings. The van der Waals surface area contributed by atoms with E-state index in [4.69, 9.17) is 10.5 Å². The third-order valence-electron chi connectivity index (χ3n) is 7.21. The number of nitrogens with two attached hydrogens (primary N) is 1. The first-order valence-corrected chi connectivity index (χ1v) is 12.3. The molecule has 0 spiro atoms. The Bertz CT molecular complexity index is 942. The second-order valence-corrected chi connectivity index (χ2v) is 9.37. The Morgan fingerprint density at radius 2 is 1.68 bits per heavy atom. The first-order chi connectivity index (χ1) is 16.5. The Morgan fingerprint density at radius 1 is 1.00 bits per heavy atom. The van der Waals surface area contributed by atoms with Gasteiger partial charge in [-0.1, -0.05) is 55.3 Å². The number of nitrogens with zero attached hydrogens (tertiary/aromatic N) is 2. The van der Waals surface area contributed by atoms with Gasteiger partial charge in [-0.05, 0) is 36.1 Å². The average molecular weight is 465 g/mol. The lowest BCUT2D eigenvalue weighted by Crippen LogP contribution is -2.55. The van der Waals surface area contributed by atoms with Crippen molar-refractivity contribution in [1.29, 1.82) is 0 Å². The lowest BCUT2D eigenvalue weighted by atomic mass is 9.82. The van der Waals surface area contributed by atoms with Crippen molar-refractivity contribution in [2.75, 3.05) is 33.3 Å². The van der Waals surface area contributed by atoms with Crippen LogP contribution >= 0.6 is 0 Å². The molecule has 7 heteroatoms. The van der Waals surface area contributed by atoms with E-state index in [1.165, 1.54) is 5.56 Å². The number of hydrogen-bond donors (Lipinski definition) is 2. The molecule has 1 saturated heterocycles. The molecule has 0 aromatic heterocycles. The molecule has 3 N–H and O–H groups in total. The third-order valence-corrected chi connectivity index (χ3v) is 7.21. The van der Waals surface area contributed by atoms with Gasteiger partial charge in [0.2, 0.25) is 11.8 Å². The summed E-state index contributed by atoms with van der Waals surface area (Å²) in [5.74, 6) is 0.172. The second kappa shape index (κ2) is 11.5. The van der Waals surface area contributed by atoms with Gasteiger partial charge in [0.15, 0.2) is 0 Å². The van der Waals surface area contributed by atoms with Crippen LogP contribution in [0.1, 0.15) is 42.9 Å². The number of ether oxygens (including phenoxy) is 1. The van der Waals surface area contributed by atoms with Crippen LogP contribution in [0.15, 0.2) is 54.6 Å². The highest BCUT2D eigenvalue weighted by Crippen LogP contribution is 2.30. The van der Waals surface area contributed by atoms with Crippen LogP contribution < -0.4 is 15.8 Å². The van der Waals surface area contributed by atoms with Crippen molar-refractivity contribution in [2.45, 2.75) is 44.3 Å². The van der Waals surface area contributed by atoms with Crippen LogP contribution in [0.25, 0.3) is 0 Å². The monoisotopic (exact) mass is 464 g/mol. The Balaban J connectivity index is 1.35. The average Bonchev–Trinajstić information content (AvgIpc) is 2.88. The minimum Gasteiger partial charge on any atom is -0.497 e. The van der Waals surface area contributed by atoms with Crippen molar-refractivity contribution in [3.8, 4) is 5.75 Å². The summed E-state index contributed by atoms with van der Waals surface area (Å²) >= 11 is 0. The van der Waals surface area contributed by atoms with Gasteiger partial charge >= 0.3 is 0 Å². The maximum Gasteiger partial charge on any atom is 0.244 e. The van der Waals surface area contributed by atoms with Crippen molar-refractivity contribution in [3.05, 3.63) is 65.7 Å². The van der Waals surface area contributed by atoms with Gasteiger partial charge in [0, 0.05) is 38.8 Å². The smallest absolute Gasteiger partial charge is 0.244 e. The number of hydrogen-bond acceptors (Lipinski definition) is 5. The van der Waals surface area contributed by atoms with E-state index in [0.29, 0.717) is 0 Å². The minimum atomic E-state index is -0.794. The van der Waals surface area contributed by atoms with Gasteiger partial charge in [-0.2, -0.15) is 0 Å². The molecular weight excluding hydrogens is 428 g/mol. The van der Waals surface area contributed by atoms with Crippen LogP contribution in [-0.4, -0.2) is 60.9 Å². The Labute approximate surface area is 202 Å². The summed E-state index contributed by atoms with van der Waals surface area (Å²) < 4.78 is 5.25. The van der Waals surface area contributed by atoms with Crippen molar-refractivity contribution >= 4 is 11.8 Å². The predicted molar refractivity (Wildman–Crippen MR) is 132 cm³/mol. The Hall–Kier alpha value is -2.90. The summed E-state index contributed by atoms with van der Waals surface area (Å²) in [6.45, 7) is 4.77. The number of methoxy groups -OCH3 is 1. The summed E-state index contributed by atoms with van der Waals surface area (Å²) in [5, 5.41) is 2.96. The highest BCUT2D eigenvalue weighted by atomic mass is 16.5. The number of amides is 2. The number of benzene rings is 2. The fraction of sp³-hybridized carbons (Fsp3) is 0.481. The normalized spacial score (nSPS) is 22.6. The van der Waals surface area contributed by atoms with E-state index in [1.54, 1.807) is 7.11 Å². The zero-order valence-electron chi connectivity index (χ0n) is 20.0. The summed E-state index contributed by atoms with van der Waals surface area (Å²) in [5.41, 5.74) is 7.65. The molecule has 34 heavy (non-hydrogen) atoms. The molecule has 2 aromatic rings. The molecule has 7 nitrogen and oxygen atoms in total. The number of piperazine rings is 1. The molecule has 2 aromatic carbocycles. The minimum absolute atomic E-state index is 0.0574. The van der Waals surface area contributed by atoms with E-state index in [2.05, 4.69) is 27.2 Å². The molecule has 1 aliphatic heterocycles. The van der Waals surface area contributed by atoms with Gasteiger partial charge in [-0.3, -0.25) is 19.4 Å². The van der Waals surface area contributed by atoms with E-state index < -0.39 is 11.9 Å². The summed E-state index contributed by atoms with van der Waals surface area (Å²) in [6.07, 6.45) is 4.04. The summed E-state index contributed by atoms with van der Waals surface area (Å²) in [4.78, 5) is 30.4. The van der Waals surface area contributed by atoms with Gasteiger partial charge in [0.1, 0.15) is 11.8 Å². The van der Waals surface area contributed by atoms with E-state index >= 15 is 0 Å². The van der Waals surface area contributed by atoms with Gasteiger partial charge < -0.3 is 15.8 Å². The van der Waals surface area contributed by atoms with E-state index in [-0.39, 0.29) is 17.9 Å². The number of primary amides is 1. The molecule has 1 aliphatic carbocycles. The molecule has 0 radical (unpaired) electrons. The first kappa shape index (κ1) is 24.2. The van der Waals surface area contributed by atoms with Gasteiger partial charge in [-0.25, -0.2) is 0 Å². The van der Waals surface area contributed by atoms with Crippen LogP contribution in [0.4, 0.5) is 0 Å². The molecule has 4 rings (SSSR count). The van der Waals surface area contributed by atoms with Crippen LogP contribution in [0, 0.1) is 5.92 Å². The Kier molecular flexibility index (Phi) is 8.19. The van der Waals surface area contributed by atoms with Crippen molar-refractivity contribution in [3.63, 3.8) is 0 Å². The zero-order valence-corrected chi connectivity index (χ0v) is 20.0. The largest absolute Gasteiger partial charge is 0.497 e. The van der Waals surface area contributed by atoms with E-state index in [9.17, 15) is 9.59 Å². The molecule has 3 atom stereocenters. The van der Waals surface area contributed by atoms with E-state index in [0.717, 1.165) is 69.7 Å². The molecule has 0 unspecified atom stereocenters. The molecule has 2 amide bonds. The number of carbonyl (C=O) groups is 2. The van der Waals surface area contributed by atoms with Crippen LogP contribution in [-0.2, 0) is 16.1 Å². The highest BCUT2D eigenvalue weighted by Gasteiger charge is 2.37. The fourth-order valence-electron chi connectivity index (χ4n) is 5.31. The number of nitrogens with one attached hydrogen (secondary N) is 1. The summed E-state index contributed by atoms with van der Waals surface area (Å²) in [7, 11) is 1.68. The molecule has 1 heterocycles. The number of carbonyl (C=O) groups excluding carboxylic acids is 2. The van der Waals surface area contributed by atoms with Gasteiger partial charge in [0.25, 0.3) is 0 Å². The molecule has 1 saturated carbocycles. The van der Waals surface area contributed by atoms with Crippen LogP contribution in [0.2, 0.25) is 0 Å². The lowest BCUT2D eigenvalue weighted by molar-refractivity contribution is -0.133. The topological polar surface area (TPSA) is 87.9 Å². The van der Waals surface area contributed by atoms with Gasteiger partial charge in [0.05, 0.1) is 13.0 Å². The highest BCUT2D eigenvalue weighted by molar-refractivity contribution is 5.88. The van der Waals surface area contributed by atoms with Crippen molar-refractivity contribution in [2.24, 2.45) is 11.7 Å². The van der Waals surface area contributed by atoms with Crippen LogP contribution in [0.5, 0.6) is 5.75 Å². The van der Waals surface area contributed by atoms with Crippen molar-refractivity contribution < 1.29 is 14.3 Å². The molecule has 2 aliphatic rings. The maximum atomic E-state index is 13.3. The fourth-order valence-corrected chi connectivity index (χ4v) is 5.31. The zero-order chi connectivity index (χ0) is 23.9. The SMILES string of the molecule is COc1ccc(CN2CCN([C@@H]3CCCC[C@H]3C(=O)N[C@H](C(N)=O)c3ccccc3)CC2)cc1. The predicted octanol–water partition coefficient (Wildman–Crippen LogP) is 2.71. The van der Waals surface area contributed by atoms with Gasteiger partial charge in [-0.15, -0.1) is 0 Å². The Morgan fingerprint density at radius 3 is 2.32 bits per heavy atom. The third kappa shape index (κ3) is 5.96. The first-order valence-electron chi connectivity index (χ1n) is 12.3. The lowest BCUT2D eigenvalue weighted by Gasteiger charge is -2.44. The second-order valence-electron chi connectivity index (χ2n) is 9.37. The maximum absolute atomic E-state index is 13.3. The quantitative estimate of drug-likeness (QED) is 0.627. The van der Waals surface area contributed by atoms with Crippen LogP contribution in [0.3, 0.4) is 0 Å². The molecule has 182 valence electrons. The molecule has 0 bridgehead atoms. The molecular formula is C27H36N4O3. The van der Waals surface area contributed by atoms with E-state index in [1.807, 2.05) is 42.5 Å².